The molecule has 1 aliphatic heterocycles. The van der Waals surface area contributed by atoms with E-state index in [1.807, 2.05) is 0 Å². The molecule has 160 valence electrons. The molecule has 2 amide bonds. The van der Waals surface area contributed by atoms with E-state index in [1.54, 1.807) is 24.3 Å². The quantitative estimate of drug-likeness (QED) is 0.490. The number of pyridine rings is 2. The molecule has 0 bridgehead atoms. The van der Waals surface area contributed by atoms with Crippen molar-refractivity contribution >= 4 is 41.1 Å². The summed E-state index contributed by atoms with van der Waals surface area (Å²) in [7, 11) is 2.89. The molecule has 0 fully saturated rings. The number of hydrogen-bond donors (Lipinski definition) is 0. The first-order valence-corrected chi connectivity index (χ1v) is 10.0. The van der Waals surface area contributed by atoms with Gasteiger partial charge in [0.2, 0.25) is 11.8 Å². The molecule has 1 aliphatic rings. The zero-order chi connectivity index (χ0) is 22.1. The first-order valence-electron chi connectivity index (χ1n) is 8.89. The predicted molar refractivity (Wildman–Crippen MR) is 113 cm³/mol. The van der Waals surface area contributed by atoms with Crippen LogP contribution in [0, 0.1) is 11.6 Å². The van der Waals surface area contributed by atoms with Crippen molar-refractivity contribution in [3.8, 4) is 11.8 Å². The van der Waals surface area contributed by atoms with Gasteiger partial charge in [0.1, 0.15) is 11.6 Å². The number of rotatable bonds is 5. The standard InChI is InChI=1S/C20H15ClF2N4O3S/c1-29-17-8-12(9-18(25-17)30-2)27-20(28)26(19-16(31-27)4-3-5-24-19)10-13-14(21)6-11(22)7-15(13)23/h3-9H,10H2,1-2H3. The molecular formula is C20H15ClF2N4O3S. The number of carbonyl (C=O) groups is 1. The molecule has 1 aromatic carbocycles. The largest absolute Gasteiger partial charge is 0.481 e. The number of nitrogens with zero attached hydrogens (tertiary/aromatic N) is 4. The lowest BCUT2D eigenvalue weighted by Crippen LogP contribution is -2.43. The predicted octanol–water partition coefficient (Wildman–Crippen LogP) is 5.08. The summed E-state index contributed by atoms with van der Waals surface area (Å²) >= 11 is 7.20. The molecule has 7 nitrogen and oxygen atoms in total. The van der Waals surface area contributed by atoms with Crippen LogP contribution in [-0.4, -0.2) is 30.2 Å². The highest BCUT2D eigenvalue weighted by Crippen LogP contribution is 2.42. The van der Waals surface area contributed by atoms with Crippen molar-refractivity contribution in [2.75, 3.05) is 23.4 Å². The summed E-state index contributed by atoms with van der Waals surface area (Å²) in [6.45, 7) is -0.246. The Hall–Kier alpha value is -3.11. The maximum absolute atomic E-state index is 14.4. The van der Waals surface area contributed by atoms with Gasteiger partial charge in [-0.05, 0) is 18.2 Å². The number of anilines is 2. The number of halogens is 3. The van der Waals surface area contributed by atoms with E-state index >= 15 is 0 Å². The highest BCUT2D eigenvalue weighted by molar-refractivity contribution is 8.01. The molecule has 11 heteroatoms. The second-order valence-corrected chi connectivity index (χ2v) is 7.73. The Morgan fingerprint density at radius 2 is 1.84 bits per heavy atom. The van der Waals surface area contributed by atoms with Gasteiger partial charge in [-0.1, -0.05) is 11.6 Å². The van der Waals surface area contributed by atoms with Crippen molar-refractivity contribution in [1.29, 1.82) is 0 Å². The molecule has 4 rings (SSSR count). The minimum Gasteiger partial charge on any atom is -0.481 e. The van der Waals surface area contributed by atoms with Gasteiger partial charge in [-0.2, -0.15) is 4.98 Å². The number of fused-ring (bicyclic) bond motifs is 1. The van der Waals surface area contributed by atoms with Crippen LogP contribution in [0.1, 0.15) is 5.56 Å². The SMILES string of the molecule is COc1cc(N2Sc3cccnc3N(Cc3c(F)cc(F)cc3Cl)C2=O)cc(OC)n1. The zero-order valence-corrected chi connectivity index (χ0v) is 17.9. The zero-order valence-electron chi connectivity index (χ0n) is 16.3. The lowest BCUT2D eigenvalue weighted by atomic mass is 10.2. The number of hydrogen-bond acceptors (Lipinski definition) is 6. The molecule has 0 aliphatic carbocycles. The summed E-state index contributed by atoms with van der Waals surface area (Å²) in [5, 5.41) is -0.125. The van der Waals surface area contributed by atoms with Crippen LogP contribution in [0.2, 0.25) is 5.02 Å². The maximum atomic E-state index is 14.4. The third kappa shape index (κ3) is 4.08. The third-order valence-corrected chi connectivity index (χ3v) is 5.84. The molecule has 0 N–H and O–H groups in total. The van der Waals surface area contributed by atoms with Gasteiger partial charge in [-0.3, -0.25) is 4.90 Å². The maximum Gasteiger partial charge on any atom is 0.341 e. The monoisotopic (exact) mass is 464 g/mol. The lowest BCUT2D eigenvalue weighted by molar-refractivity contribution is 0.254. The van der Waals surface area contributed by atoms with E-state index in [4.69, 9.17) is 21.1 Å². The molecule has 0 spiro atoms. The molecule has 31 heavy (non-hydrogen) atoms. The molecule has 0 atom stereocenters. The van der Waals surface area contributed by atoms with E-state index in [1.165, 1.54) is 29.6 Å². The van der Waals surface area contributed by atoms with Crippen molar-refractivity contribution < 1.29 is 23.0 Å². The Morgan fingerprint density at radius 3 is 2.48 bits per heavy atom. The number of aromatic nitrogens is 2. The van der Waals surface area contributed by atoms with E-state index in [-0.39, 0.29) is 28.9 Å². The minimum absolute atomic E-state index is 0.0234. The summed E-state index contributed by atoms with van der Waals surface area (Å²) < 4.78 is 39.7. The molecule has 3 heterocycles. The van der Waals surface area contributed by atoms with Crippen LogP contribution in [-0.2, 0) is 6.54 Å². The number of urea groups is 1. The Bertz CT molecular complexity index is 1120. The second kappa shape index (κ2) is 8.56. The van der Waals surface area contributed by atoms with Gasteiger partial charge in [0.15, 0.2) is 5.82 Å². The van der Waals surface area contributed by atoms with Gasteiger partial charge in [0.25, 0.3) is 0 Å². The highest BCUT2D eigenvalue weighted by Gasteiger charge is 2.35. The Morgan fingerprint density at radius 1 is 1.13 bits per heavy atom. The Balaban J connectivity index is 1.79. The number of carbonyl (C=O) groups excluding carboxylic acids is 1. The summed E-state index contributed by atoms with van der Waals surface area (Å²) in [5.74, 6) is -0.824. The van der Waals surface area contributed by atoms with Crippen LogP contribution >= 0.6 is 23.5 Å². The fourth-order valence-electron chi connectivity index (χ4n) is 2.97. The van der Waals surface area contributed by atoms with Crippen molar-refractivity contribution in [3.63, 3.8) is 0 Å². The first kappa shape index (κ1) is 21.1. The number of ether oxygens (including phenoxy) is 2. The third-order valence-electron chi connectivity index (χ3n) is 4.44. The summed E-state index contributed by atoms with van der Waals surface area (Å²) in [4.78, 5) is 23.8. The molecular weight excluding hydrogens is 450 g/mol. The fourth-order valence-corrected chi connectivity index (χ4v) is 4.20. The van der Waals surface area contributed by atoms with Crippen LogP contribution in [0.3, 0.4) is 0 Å². The van der Waals surface area contributed by atoms with E-state index in [0.29, 0.717) is 16.4 Å². The van der Waals surface area contributed by atoms with Crippen molar-refractivity contribution in [2.45, 2.75) is 11.4 Å². The van der Waals surface area contributed by atoms with E-state index in [2.05, 4.69) is 9.97 Å². The molecule has 0 radical (unpaired) electrons. The lowest BCUT2D eigenvalue weighted by Gasteiger charge is -2.35. The van der Waals surface area contributed by atoms with Crippen LogP contribution in [0.25, 0.3) is 0 Å². The smallest absolute Gasteiger partial charge is 0.341 e. The van der Waals surface area contributed by atoms with Crippen LogP contribution in [0.15, 0.2) is 47.5 Å². The van der Waals surface area contributed by atoms with Crippen molar-refractivity contribution in [1.82, 2.24) is 9.97 Å². The van der Waals surface area contributed by atoms with Crippen molar-refractivity contribution in [2.24, 2.45) is 0 Å². The summed E-state index contributed by atoms with van der Waals surface area (Å²) in [6.07, 6.45) is 1.52. The van der Waals surface area contributed by atoms with Gasteiger partial charge in [0, 0.05) is 41.9 Å². The Labute approximate surface area is 185 Å². The van der Waals surface area contributed by atoms with Crippen LogP contribution in [0.4, 0.5) is 25.1 Å². The van der Waals surface area contributed by atoms with E-state index < -0.39 is 17.7 Å². The molecule has 0 saturated carbocycles. The molecule has 0 unspecified atom stereocenters. The minimum atomic E-state index is -0.854. The fraction of sp³-hybridized carbons (Fsp3) is 0.150. The van der Waals surface area contributed by atoms with Gasteiger partial charge < -0.3 is 9.47 Å². The molecule has 2 aromatic heterocycles. The van der Waals surface area contributed by atoms with Crippen LogP contribution < -0.4 is 18.7 Å². The van der Waals surface area contributed by atoms with Gasteiger partial charge in [-0.15, -0.1) is 0 Å². The highest BCUT2D eigenvalue weighted by atomic mass is 35.5. The van der Waals surface area contributed by atoms with E-state index in [0.717, 1.165) is 24.1 Å². The average molecular weight is 465 g/mol. The summed E-state index contributed by atoms with van der Waals surface area (Å²) in [6, 6.07) is 7.84. The van der Waals surface area contributed by atoms with Gasteiger partial charge >= 0.3 is 6.03 Å². The van der Waals surface area contributed by atoms with Crippen LogP contribution in [0.5, 0.6) is 11.8 Å². The number of methoxy groups -OCH3 is 2. The average Bonchev–Trinajstić information content (AvgIpc) is 2.76. The summed E-state index contributed by atoms with van der Waals surface area (Å²) in [5.41, 5.74) is 0.411. The number of benzene rings is 1. The van der Waals surface area contributed by atoms with Crippen molar-refractivity contribution in [3.05, 3.63) is 64.8 Å². The Kier molecular flexibility index (Phi) is 5.84. The first-order chi connectivity index (χ1) is 14.9. The molecule has 3 aromatic rings. The van der Waals surface area contributed by atoms with Gasteiger partial charge in [0.05, 0.1) is 36.4 Å². The molecule has 0 saturated heterocycles. The van der Waals surface area contributed by atoms with E-state index in [9.17, 15) is 13.6 Å². The topological polar surface area (TPSA) is 67.8 Å². The second-order valence-electron chi connectivity index (χ2n) is 6.34. The van der Waals surface area contributed by atoms with Gasteiger partial charge in [-0.25, -0.2) is 22.9 Å². The normalized spacial score (nSPS) is 13.3. The number of amides is 2.